The second-order valence-electron chi connectivity index (χ2n) is 1.40. The van der Waals surface area contributed by atoms with Crippen LogP contribution >= 0.6 is 12.4 Å². The highest BCUT2D eigenvalue weighted by Gasteiger charge is 1.99. The zero-order chi connectivity index (χ0) is 5.82. The molecule has 1 aliphatic heterocycles. The van der Waals surface area contributed by atoms with E-state index >= 15 is 0 Å². The molecule has 4 heteroatoms. The van der Waals surface area contributed by atoms with E-state index in [2.05, 4.69) is 0 Å². The second kappa shape index (κ2) is 4.38. The average Bonchev–Trinajstić information content (AvgIpc) is 1.90. The van der Waals surface area contributed by atoms with E-state index in [0.29, 0.717) is 0 Å². The molecule has 2 N–H and O–H groups in total. The molecule has 0 radical (unpaired) electrons. The monoisotopic (exact) mass is 149 g/mol. The number of hydrogen-bond donors (Lipinski definition) is 2. The molecule has 0 saturated carbocycles. The fourth-order valence-corrected chi connectivity index (χ4v) is 0.459. The van der Waals surface area contributed by atoms with Gasteiger partial charge in [0, 0.05) is 0 Å². The molecule has 1 rings (SSSR count). The molecular formula is C5H8ClNO2. The van der Waals surface area contributed by atoms with Crippen LogP contribution in [0.15, 0.2) is 24.5 Å². The summed E-state index contributed by atoms with van der Waals surface area (Å²) in [6, 6.07) is 0. The van der Waals surface area contributed by atoms with Crippen LogP contribution in [0.5, 0.6) is 0 Å². The number of allylic oxidation sites excluding steroid dienone is 2. The largest absolute Gasteiger partial charge is 0.477 e. The molecule has 9 heavy (non-hydrogen) atoms. The first-order chi connectivity index (χ1) is 3.93. The molecule has 0 bridgehead atoms. The Bertz CT molecular complexity index is 124. The number of hydrogen-bond acceptors (Lipinski definition) is 3. The van der Waals surface area contributed by atoms with Crippen LogP contribution in [0, 0.1) is 0 Å². The molecule has 1 heterocycles. The third-order valence-electron chi connectivity index (χ3n) is 0.828. The molecule has 1 atom stereocenters. The minimum Gasteiger partial charge on any atom is -0.477 e. The number of rotatable bonds is 1. The van der Waals surface area contributed by atoms with Crippen LogP contribution < -0.4 is 5.48 Å². The number of hydroxylamine groups is 1. The summed E-state index contributed by atoms with van der Waals surface area (Å²) in [7, 11) is 0. The molecule has 0 fully saturated rings. The smallest absolute Gasteiger partial charge is 0.189 e. The number of nitrogens with one attached hydrogen (secondary N) is 1. The summed E-state index contributed by atoms with van der Waals surface area (Å²) < 4.78 is 4.80. The Morgan fingerprint density at radius 2 is 2.22 bits per heavy atom. The maximum atomic E-state index is 8.23. The van der Waals surface area contributed by atoms with Crippen molar-refractivity contribution in [1.82, 2.24) is 5.48 Å². The van der Waals surface area contributed by atoms with Crippen LogP contribution in [-0.4, -0.2) is 11.4 Å². The predicted octanol–water partition coefficient (Wildman–Crippen LogP) is 0.813. The lowest BCUT2D eigenvalue weighted by Crippen LogP contribution is -2.25. The van der Waals surface area contributed by atoms with Gasteiger partial charge >= 0.3 is 0 Å². The zero-order valence-corrected chi connectivity index (χ0v) is 5.47. The highest BCUT2D eigenvalue weighted by molar-refractivity contribution is 5.85. The molecular weight excluding hydrogens is 142 g/mol. The Labute approximate surface area is 59.4 Å². The normalized spacial score (nSPS) is 22.6. The fraction of sp³-hybridized carbons (Fsp3) is 0.200. The van der Waals surface area contributed by atoms with Crippen molar-refractivity contribution in [3.8, 4) is 0 Å². The highest BCUT2D eigenvalue weighted by Crippen LogP contribution is 1.96. The van der Waals surface area contributed by atoms with E-state index in [9.17, 15) is 0 Å². The van der Waals surface area contributed by atoms with E-state index in [4.69, 9.17) is 9.94 Å². The van der Waals surface area contributed by atoms with E-state index in [-0.39, 0.29) is 18.6 Å². The Morgan fingerprint density at radius 3 is 2.56 bits per heavy atom. The van der Waals surface area contributed by atoms with Crippen molar-refractivity contribution in [2.75, 3.05) is 0 Å². The van der Waals surface area contributed by atoms with Gasteiger partial charge in [0.2, 0.25) is 0 Å². The van der Waals surface area contributed by atoms with E-state index in [1.54, 1.807) is 18.2 Å². The molecule has 0 amide bonds. The maximum Gasteiger partial charge on any atom is 0.189 e. The van der Waals surface area contributed by atoms with Crippen molar-refractivity contribution in [2.24, 2.45) is 0 Å². The van der Waals surface area contributed by atoms with Gasteiger partial charge in [0.1, 0.15) is 0 Å². The van der Waals surface area contributed by atoms with Crippen LogP contribution in [0.1, 0.15) is 0 Å². The lowest BCUT2D eigenvalue weighted by molar-refractivity contribution is 0.0196. The molecule has 0 aromatic carbocycles. The van der Waals surface area contributed by atoms with Crippen LogP contribution in [0.2, 0.25) is 0 Å². The Balaban J connectivity index is 0.000000640. The molecule has 0 aliphatic carbocycles. The van der Waals surface area contributed by atoms with E-state index in [1.165, 1.54) is 6.26 Å². The fourth-order valence-electron chi connectivity index (χ4n) is 0.459. The van der Waals surface area contributed by atoms with Gasteiger partial charge < -0.3 is 9.94 Å². The van der Waals surface area contributed by atoms with Gasteiger partial charge in [0.05, 0.1) is 6.26 Å². The van der Waals surface area contributed by atoms with Gasteiger partial charge in [0.25, 0.3) is 0 Å². The van der Waals surface area contributed by atoms with Crippen molar-refractivity contribution < 1.29 is 9.94 Å². The summed E-state index contributed by atoms with van der Waals surface area (Å²) >= 11 is 0. The van der Waals surface area contributed by atoms with Crippen LogP contribution in [0.4, 0.5) is 0 Å². The molecule has 1 unspecified atom stereocenters. The average molecular weight is 150 g/mol. The second-order valence-corrected chi connectivity index (χ2v) is 1.40. The van der Waals surface area contributed by atoms with Crippen molar-refractivity contribution in [1.29, 1.82) is 0 Å². The number of ether oxygens (including phenoxy) is 1. The molecule has 52 valence electrons. The van der Waals surface area contributed by atoms with Crippen LogP contribution in [0.25, 0.3) is 0 Å². The van der Waals surface area contributed by atoms with Crippen LogP contribution in [0.3, 0.4) is 0 Å². The predicted molar refractivity (Wildman–Crippen MR) is 35.3 cm³/mol. The Morgan fingerprint density at radius 1 is 1.44 bits per heavy atom. The van der Waals surface area contributed by atoms with Gasteiger partial charge in [-0.05, 0) is 12.2 Å². The summed E-state index contributed by atoms with van der Waals surface area (Å²) in [6.45, 7) is 0. The van der Waals surface area contributed by atoms with E-state index < -0.39 is 0 Å². The summed E-state index contributed by atoms with van der Waals surface area (Å²) in [6.07, 6.45) is 6.36. The third kappa shape index (κ3) is 2.51. The van der Waals surface area contributed by atoms with Gasteiger partial charge in [-0.15, -0.1) is 12.4 Å². The Hall–Kier alpha value is -0.510. The maximum absolute atomic E-state index is 8.23. The van der Waals surface area contributed by atoms with Crippen molar-refractivity contribution in [2.45, 2.75) is 6.23 Å². The summed E-state index contributed by atoms with van der Waals surface area (Å²) in [5, 5.41) is 8.23. The third-order valence-corrected chi connectivity index (χ3v) is 0.828. The van der Waals surface area contributed by atoms with Gasteiger partial charge in [-0.3, -0.25) is 0 Å². The lowest BCUT2D eigenvalue weighted by Gasteiger charge is -2.11. The van der Waals surface area contributed by atoms with Crippen molar-refractivity contribution in [3.63, 3.8) is 0 Å². The standard InChI is InChI=1S/C5H7NO2.ClH/c7-6-5-3-1-2-4-8-5;/h1-7H;1H. The first-order valence-corrected chi connectivity index (χ1v) is 2.32. The van der Waals surface area contributed by atoms with Crippen LogP contribution in [-0.2, 0) is 4.74 Å². The summed E-state index contributed by atoms with van der Waals surface area (Å²) in [4.78, 5) is 0. The Kier molecular flexibility index (Phi) is 4.13. The molecule has 0 spiro atoms. The topological polar surface area (TPSA) is 41.5 Å². The SMILES string of the molecule is Cl.ONC1C=CC=CO1. The molecule has 0 saturated heterocycles. The summed E-state index contributed by atoms with van der Waals surface area (Å²) in [5.74, 6) is 0. The summed E-state index contributed by atoms with van der Waals surface area (Å²) in [5.41, 5.74) is 1.94. The first-order valence-electron chi connectivity index (χ1n) is 2.32. The van der Waals surface area contributed by atoms with Gasteiger partial charge in [-0.2, -0.15) is 5.48 Å². The number of halogens is 1. The van der Waals surface area contributed by atoms with Crippen molar-refractivity contribution in [3.05, 3.63) is 24.5 Å². The zero-order valence-electron chi connectivity index (χ0n) is 4.65. The van der Waals surface area contributed by atoms with Gasteiger partial charge in [-0.25, -0.2) is 0 Å². The van der Waals surface area contributed by atoms with E-state index in [0.717, 1.165) is 0 Å². The molecule has 0 aromatic heterocycles. The molecule has 3 nitrogen and oxygen atoms in total. The minimum absolute atomic E-state index is 0. The quantitative estimate of drug-likeness (QED) is 0.543. The highest BCUT2D eigenvalue weighted by atomic mass is 35.5. The van der Waals surface area contributed by atoms with Gasteiger partial charge in [0.15, 0.2) is 6.23 Å². The van der Waals surface area contributed by atoms with Crippen molar-refractivity contribution >= 4 is 12.4 Å². The van der Waals surface area contributed by atoms with Gasteiger partial charge in [-0.1, -0.05) is 6.08 Å². The molecule has 1 aliphatic rings. The first kappa shape index (κ1) is 8.49. The minimum atomic E-state index is -0.375. The lowest BCUT2D eigenvalue weighted by atomic mass is 10.4. The van der Waals surface area contributed by atoms with E-state index in [1.807, 2.05) is 5.48 Å². The molecule has 0 aromatic rings.